The first-order valence-corrected chi connectivity index (χ1v) is 12.0. The molecule has 6 rings (SSSR count). The van der Waals surface area contributed by atoms with E-state index < -0.39 is 17.2 Å². The van der Waals surface area contributed by atoms with Gasteiger partial charge in [0.1, 0.15) is 23.7 Å². The number of likely N-dealkylation sites (N-methyl/N-ethyl adjacent to an activating group) is 1. The van der Waals surface area contributed by atoms with Crippen molar-refractivity contribution in [2.24, 2.45) is 0 Å². The summed E-state index contributed by atoms with van der Waals surface area (Å²) >= 11 is 0. The molecule has 1 atom stereocenters. The van der Waals surface area contributed by atoms with Gasteiger partial charge in [0.05, 0.1) is 22.5 Å². The van der Waals surface area contributed by atoms with Crippen LogP contribution < -0.4 is 15.1 Å². The summed E-state index contributed by atoms with van der Waals surface area (Å²) in [5, 5.41) is 9.94. The van der Waals surface area contributed by atoms with Crippen LogP contribution in [0.4, 0.5) is 14.5 Å². The molecule has 0 aliphatic carbocycles. The number of ether oxygens (including phenoxy) is 1. The van der Waals surface area contributed by atoms with Crippen LogP contribution in [0.15, 0.2) is 53.6 Å². The highest BCUT2D eigenvalue weighted by Gasteiger charge is 2.30. The van der Waals surface area contributed by atoms with Gasteiger partial charge in [-0.15, -0.1) is 0 Å². The third-order valence-corrected chi connectivity index (χ3v) is 6.78. The largest absolute Gasteiger partial charge is 0.487 e. The Morgan fingerprint density at radius 3 is 2.54 bits per heavy atom. The van der Waals surface area contributed by atoms with Crippen LogP contribution in [0, 0.1) is 11.6 Å². The molecular weight excluding hydrogens is 482 g/mol. The summed E-state index contributed by atoms with van der Waals surface area (Å²) in [4.78, 5) is 32.1. The van der Waals surface area contributed by atoms with E-state index in [1.165, 1.54) is 12.3 Å². The molecule has 4 aromatic rings. The standard InChI is InChI=1S/C18H20FN3O4.C9H6FN/c1-10-9-26-17-14-11(16(23)12(18(24)25)8-22(10)14)7-13(19)15(17)21-5-3-20(2)4-6-21;10-8-4-1-5-9-7(8)3-2-6-11-9/h7-8,10H,3-6,9H2,1-2H3,(H,24,25);1-6H. The van der Waals surface area contributed by atoms with Crippen LogP contribution in [0.25, 0.3) is 21.8 Å². The number of halogens is 2. The monoisotopic (exact) mass is 508 g/mol. The lowest BCUT2D eigenvalue weighted by atomic mass is 10.1. The summed E-state index contributed by atoms with van der Waals surface area (Å²) < 4.78 is 35.5. The molecule has 1 saturated heterocycles. The minimum absolute atomic E-state index is 0.0434. The second-order valence-electron chi connectivity index (χ2n) is 9.28. The van der Waals surface area contributed by atoms with Crippen LogP contribution >= 0.6 is 0 Å². The topological polar surface area (TPSA) is 87.9 Å². The summed E-state index contributed by atoms with van der Waals surface area (Å²) in [5.41, 5.74) is 0.478. The van der Waals surface area contributed by atoms with Gasteiger partial charge in [-0.05, 0) is 44.3 Å². The van der Waals surface area contributed by atoms with Gasteiger partial charge in [0.2, 0.25) is 5.43 Å². The van der Waals surface area contributed by atoms with Crippen molar-refractivity contribution in [1.82, 2.24) is 14.5 Å². The molecule has 1 N–H and O–H groups in total. The molecule has 0 saturated carbocycles. The second kappa shape index (κ2) is 9.78. The Labute approximate surface area is 211 Å². The molecule has 37 heavy (non-hydrogen) atoms. The van der Waals surface area contributed by atoms with Crippen molar-refractivity contribution in [2.75, 3.05) is 44.7 Å². The van der Waals surface area contributed by atoms with E-state index in [-0.39, 0.29) is 29.4 Å². The number of aromatic nitrogens is 2. The maximum atomic E-state index is 15.0. The lowest BCUT2D eigenvalue weighted by Gasteiger charge is -2.37. The maximum absolute atomic E-state index is 15.0. The van der Waals surface area contributed by atoms with Crippen molar-refractivity contribution in [1.29, 1.82) is 0 Å². The van der Waals surface area contributed by atoms with Gasteiger partial charge in [0, 0.05) is 44.0 Å². The third-order valence-electron chi connectivity index (χ3n) is 6.78. The summed E-state index contributed by atoms with van der Waals surface area (Å²) in [6, 6.07) is 9.32. The molecule has 4 heterocycles. The summed E-state index contributed by atoms with van der Waals surface area (Å²) in [7, 11) is 2.02. The third kappa shape index (κ3) is 4.48. The van der Waals surface area contributed by atoms with E-state index in [1.54, 1.807) is 35.0 Å². The van der Waals surface area contributed by atoms with Crippen molar-refractivity contribution in [3.05, 3.63) is 76.2 Å². The molecule has 192 valence electrons. The zero-order valence-electron chi connectivity index (χ0n) is 20.4. The highest BCUT2D eigenvalue weighted by molar-refractivity contribution is 5.97. The fourth-order valence-electron chi connectivity index (χ4n) is 4.75. The van der Waals surface area contributed by atoms with Crippen LogP contribution in [-0.4, -0.2) is 65.4 Å². The van der Waals surface area contributed by atoms with Gasteiger partial charge in [0.25, 0.3) is 0 Å². The fraction of sp³-hybridized carbons (Fsp3) is 0.296. The Balaban J connectivity index is 0.000000212. The van der Waals surface area contributed by atoms with E-state index in [9.17, 15) is 23.5 Å². The number of hydrogen-bond acceptors (Lipinski definition) is 6. The van der Waals surface area contributed by atoms with Gasteiger partial charge in [-0.3, -0.25) is 9.78 Å². The molecule has 1 unspecified atom stereocenters. The number of pyridine rings is 2. The first-order valence-electron chi connectivity index (χ1n) is 12.0. The number of fused-ring (bicyclic) bond motifs is 1. The van der Waals surface area contributed by atoms with Crippen LogP contribution in [0.2, 0.25) is 0 Å². The number of piperazine rings is 1. The van der Waals surface area contributed by atoms with Crippen LogP contribution in [0.5, 0.6) is 5.75 Å². The maximum Gasteiger partial charge on any atom is 0.341 e. The van der Waals surface area contributed by atoms with Gasteiger partial charge in [-0.1, -0.05) is 6.07 Å². The lowest BCUT2D eigenvalue weighted by molar-refractivity contribution is 0.0694. The molecule has 2 aliphatic rings. The molecule has 0 spiro atoms. The van der Waals surface area contributed by atoms with Crippen LogP contribution in [0.1, 0.15) is 23.3 Å². The molecular formula is C27H26F2N4O4. The minimum Gasteiger partial charge on any atom is -0.487 e. The predicted molar refractivity (Wildman–Crippen MR) is 137 cm³/mol. The van der Waals surface area contributed by atoms with Crippen LogP contribution in [0.3, 0.4) is 0 Å². The van der Waals surface area contributed by atoms with Gasteiger partial charge in [-0.2, -0.15) is 0 Å². The number of rotatable bonds is 2. The Morgan fingerprint density at radius 1 is 1.08 bits per heavy atom. The molecule has 8 nitrogen and oxygen atoms in total. The van der Waals surface area contributed by atoms with E-state index in [0.717, 1.165) is 19.2 Å². The van der Waals surface area contributed by atoms with Crippen molar-refractivity contribution in [2.45, 2.75) is 13.0 Å². The Kier molecular flexibility index (Phi) is 6.51. The fourth-order valence-corrected chi connectivity index (χ4v) is 4.75. The molecule has 2 aromatic heterocycles. The van der Waals surface area contributed by atoms with Crippen molar-refractivity contribution in [3.63, 3.8) is 0 Å². The number of carbonyl (C=O) groups is 1. The average Bonchev–Trinajstić information content (AvgIpc) is 2.88. The molecule has 1 fully saturated rings. The van der Waals surface area contributed by atoms with E-state index in [4.69, 9.17) is 4.74 Å². The average molecular weight is 509 g/mol. The number of nitrogens with zero attached hydrogens (tertiary/aromatic N) is 4. The Bertz CT molecular complexity index is 1560. The van der Waals surface area contributed by atoms with E-state index in [2.05, 4.69) is 9.88 Å². The Hall–Kier alpha value is -4.05. The number of carboxylic acid groups (broad SMARTS) is 1. The van der Waals surface area contributed by atoms with Crippen molar-refractivity contribution in [3.8, 4) is 5.75 Å². The quantitative estimate of drug-likeness (QED) is 0.439. The van der Waals surface area contributed by atoms with E-state index in [0.29, 0.717) is 40.9 Å². The molecule has 0 bridgehead atoms. The zero-order valence-corrected chi connectivity index (χ0v) is 20.4. The van der Waals surface area contributed by atoms with E-state index in [1.807, 2.05) is 18.9 Å². The van der Waals surface area contributed by atoms with Gasteiger partial charge in [0.15, 0.2) is 11.6 Å². The smallest absolute Gasteiger partial charge is 0.341 e. The van der Waals surface area contributed by atoms with Gasteiger partial charge >= 0.3 is 5.97 Å². The number of carboxylic acids is 1. The number of benzene rings is 2. The highest BCUT2D eigenvalue weighted by Crippen LogP contribution is 2.42. The minimum atomic E-state index is -1.32. The molecule has 0 amide bonds. The molecule has 2 aromatic carbocycles. The second-order valence-corrected chi connectivity index (χ2v) is 9.28. The number of aromatic carboxylic acids is 1. The molecule has 10 heteroatoms. The van der Waals surface area contributed by atoms with Crippen LogP contribution in [-0.2, 0) is 0 Å². The van der Waals surface area contributed by atoms with Gasteiger partial charge in [-0.25, -0.2) is 13.6 Å². The summed E-state index contributed by atoms with van der Waals surface area (Å²) in [6.45, 7) is 5.08. The molecule has 0 radical (unpaired) electrons. The van der Waals surface area contributed by atoms with Crippen molar-refractivity contribution < 1.29 is 23.4 Å². The van der Waals surface area contributed by atoms with Gasteiger partial charge < -0.3 is 24.2 Å². The summed E-state index contributed by atoms with van der Waals surface area (Å²) in [5.74, 6) is -1.76. The molecule has 2 aliphatic heterocycles. The SMILES string of the molecule is CC1COc2c(N3CCN(C)CC3)c(F)cc3c(=O)c(C(=O)O)cn1c23.Fc1cccc2ncccc12. The van der Waals surface area contributed by atoms with Crippen molar-refractivity contribution >= 4 is 33.5 Å². The first-order chi connectivity index (χ1) is 17.8. The summed E-state index contributed by atoms with van der Waals surface area (Å²) in [6.07, 6.45) is 3.00. The van der Waals surface area contributed by atoms with E-state index >= 15 is 0 Å². The first kappa shape index (κ1) is 24.6. The predicted octanol–water partition coefficient (Wildman–Crippen LogP) is 3.92. The lowest BCUT2D eigenvalue weighted by Crippen LogP contribution is -2.45. The number of hydrogen-bond donors (Lipinski definition) is 1. The number of anilines is 1. The normalized spacial score (nSPS) is 17.3. The Morgan fingerprint density at radius 2 is 1.84 bits per heavy atom. The highest BCUT2D eigenvalue weighted by atomic mass is 19.1. The zero-order chi connectivity index (χ0) is 26.3.